The Morgan fingerprint density at radius 2 is 2.25 bits per heavy atom. The van der Waals surface area contributed by atoms with Gasteiger partial charge in [0.1, 0.15) is 28.3 Å². The summed E-state index contributed by atoms with van der Waals surface area (Å²) in [4.78, 5) is 27.3. The fraction of sp³-hybridized carbons (Fsp3) is 0.286. The van der Waals surface area contributed by atoms with Crippen molar-refractivity contribution >= 4 is 33.4 Å². The molecule has 0 fully saturated rings. The van der Waals surface area contributed by atoms with Gasteiger partial charge in [0.25, 0.3) is 11.8 Å². The number of allylic oxidation sites excluding steroid dienone is 1. The van der Waals surface area contributed by atoms with E-state index in [9.17, 15) is 9.18 Å². The molecule has 2 atom stereocenters. The highest BCUT2D eigenvalue weighted by Gasteiger charge is 2.30. The number of benzene rings is 1. The molecule has 1 aliphatic rings. The summed E-state index contributed by atoms with van der Waals surface area (Å²) in [6.07, 6.45) is 2.72. The molecule has 1 aromatic heterocycles. The number of nitrogens with two attached hydrogens (primary N) is 2. The quantitative estimate of drug-likeness (QED) is 0.578. The van der Waals surface area contributed by atoms with E-state index in [1.165, 1.54) is 35.4 Å². The summed E-state index contributed by atoms with van der Waals surface area (Å²) in [6.45, 7) is 2.16. The van der Waals surface area contributed by atoms with Gasteiger partial charge < -0.3 is 21.1 Å². The molecule has 0 aliphatic carbocycles. The summed E-state index contributed by atoms with van der Waals surface area (Å²) < 4.78 is 20.3. The first-order valence-corrected chi connectivity index (χ1v) is 10.4. The van der Waals surface area contributed by atoms with E-state index in [2.05, 4.69) is 30.9 Å². The molecule has 1 aliphatic heterocycles. The van der Waals surface area contributed by atoms with Crippen LogP contribution in [0.5, 0.6) is 5.88 Å². The fourth-order valence-electron chi connectivity index (χ4n) is 3.37. The van der Waals surface area contributed by atoms with E-state index >= 15 is 0 Å². The Bertz CT molecular complexity index is 1150. The number of hydrogen-bond donors (Lipinski definition) is 2. The summed E-state index contributed by atoms with van der Waals surface area (Å²) >= 11 is 3.20. The van der Waals surface area contributed by atoms with E-state index in [1.807, 2.05) is 6.07 Å². The van der Waals surface area contributed by atoms with Gasteiger partial charge in [-0.2, -0.15) is 5.26 Å². The molecule has 0 radical (unpaired) electrons. The molecule has 1 aromatic carbocycles. The van der Waals surface area contributed by atoms with Crippen LogP contribution in [0.25, 0.3) is 0 Å². The molecule has 0 spiro atoms. The van der Waals surface area contributed by atoms with E-state index in [0.717, 1.165) is 0 Å². The van der Waals surface area contributed by atoms with E-state index in [1.54, 1.807) is 14.0 Å². The number of carbonyl (C=O) groups excluding carboxylic acids is 1. The molecule has 9 nitrogen and oxygen atoms in total. The molecule has 0 saturated carbocycles. The second-order valence-corrected chi connectivity index (χ2v) is 7.93. The van der Waals surface area contributed by atoms with Gasteiger partial charge in [-0.15, -0.1) is 0 Å². The van der Waals surface area contributed by atoms with Crippen molar-refractivity contribution in [3.63, 3.8) is 0 Å². The van der Waals surface area contributed by atoms with E-state index in [0.29, 0.717) is 28.8 Å². The van der Waals surface area contributed by atoms with E-state index in [-0.39, 0.29) is 34.9 Å². The Balaban J connectivity index is 1.90. The molecule has 3 rings (SSSR count). The molecule has 2 unspecified atom stereocenters. The lowest BCUT2D eigenvalue weighted by molar-refractivity contribution is 0.0766. The fourth-order valence-corrected chi connectivity index (χ4v) is 3.63. The number of hydrogen-bond acceptors (Lipinski definition) is 8. The smallest absolute Gasteiger partial charge is 0.258 e. The highest BCUT2D eigenvalue weighted by Crippen LogP contribution is 2.29. The number of anilines is 1. The molecule has 32 heavy (non-hydrogen) atoms. The number of nitrogens with zero attached hydrogens (tertiary/aromatic N) is 5. The third kappa shape index (κ3) is 5.03. The summed E-state index contributed by atoms with van der Waals surface area (Å²) in [5.74, 6) is -0.747. The van der Waals surface area contributed by atoms with Crippen molar-refractivity contribution in [3.8, 4) is 11.9 Å². The largest absolute Gasteiger partial charge is 0.467 e. The maximum Gasteiger partial charge on any atom is 0.258 e. The first-order chi connectivity index (χ1) is 15.2. The lowest BCUT2D eigenvalue weighted by Gasteiger charge is -2.27. The minimum Gasteiger partial charge on any atom is -0.467 e. The zero-order valence-electron chi connectivity index (χ0n) is 17.4. The highest BCUT2D eigenvalue weighted by molar-refractivity contribution is 9.10. The lowest BCUT2D eigenvalue weighted by Crippen LogP contribution is -2.41. The summed E-state index contributed by atoms with van der Waals surface area (Å²) in [5.41, 5.74) is 12.6. The van der Waals surface area contributed by atoms with Crippen molar-refractivity contribution in [2.24, 2.45) is 10.7 Å². The third-order valence-corrected chi connectivity index (χ3v) is 5.35. The zero-order chi connectivity index (χ0) is 23.4. The molecular weight excluding hydrogens is 481 g/mol. The third-order valence-electron chi connectivity index (χ3n) is 4.97. The molecule has 2 aromatic rings. The molecule has 166 valence electrons. The molecule has 1 amide bonds. The molecule has 11 heteroatoms. The number of rotatable bonds is 6. The van der Waals surface area contributed by atoms with E-state index in [4.69, 9.17) is 21.5 Å². The van der Waals surface area contributed by atoms with Gasteiger partial charge in [0.05, 0.1) is 18.0 Å². The van der Waals surface area contributed by atoms with Crippen LogP contribution in [0.3, 0.4) is 0 Å². The van der Waals surface area contributed by atoms with Gasteiger partial charge in [-0.3, -0.25) is 9.79 Å². The summed E-state index contributed by atoms with van der Waals surface area (Å²) in [7, 11) is 1.63. The molecule has 0 bridgehead atoms. The zero-order valence-corrected chi connectivity index (χ0v) is 19.0. The van der Waals surface area contributed by atoms with Crippen molar-refractivity contribution in [1.82, 2.24) is 14.9 Å². The Morgan fingerprint density at radius 1 is 1.50 bits per heavy atom. The standard InChI is InChI=1S/C21H21BrFN7O2/c1-11(32-20-19(26)28-10-18(22)29-20)15-7-12(23)3-4-14(15)21(31)30(2)17-5-6-27-16(17)8-13(25)9-24/h3-4,7-8,10-11,17H,5-6,25H2,1-2H3,(H2,26,28)/b13-8-. The van der Waals surface area contributed by atoms with Crippen molar-refractivity contribution in [3.05, 3.63) is 57.7 Å². The van der Waals surface area contributed by atoms with Crippen LogP contribution in [0, 0.1) is 17.1 Å². The molecule has 4 N–H and O–H groups in total. The topological polar surface area (TPSA) is 144 Å². The minimum absolute atomic E-state index is 0.00807. The van der Waals surface area contributed by atoms with Crippen LogP contribution in [-0.4, -0.2) is 46.1 Å². The average molecular weight is 502 g/mol. The maximum absolute atomic E-state index is 14.1. The minimum atomic E-state index is -0.755. The normalized spacial score (nSPS) is 16.8. The molecule has 2 heterocycles. The van der Waals surface area contributed by atoms with Crippen LogP contribution in [0.4, 0.5) is 10.2 Å². The van der Waals surface area contributed by atoms with Gasteiger partial charge in [0.2, 0.25) is 0 Å². The van der Waals surface area contributed by atoms with Gasteiger partial charge in [-0.05, 0) is 53.5 Å². The van der Waals surface area contributed by atoms with Crippen LogP contribution < -0.4 is 16.2 Å². The lowest BCUT2D eigenvalue weighted by atomic mass is 10.00. The second-order valence-electron chi connectivity index (χ2n) is 7.11. The van der Waals surface area contributed by atoms with E-state index < -0.39 is 11.9 Å². The van der Waals surface area contributed by atoms with Crippen LogP contribution in [0.2, 0.25) is 0 Å². The van der Waals surface area contributed by atoms with Gasteiger partial charge in [-0.25, -0.2) is 14.4 Å². The predicted molar refractivity (Wildman–Crippen MR) is 120 cm³/mol. The number of halogens is 2. The number of ether oxygens (including phenoxy) is 1. The van der Waals surface area contributed by atoms with Gasteiger partial charge in [0, 0.05) is 24.7 Å². The Labute approximate surface area is 192 Å². The van der Waals surface area contributed by atoms with Crippen LogP contribution >= 0.6 is 15.9 Å². The molecule has 0 saturated heterocycles. The summed E-state index contributed by atoms with van der Waals surface area (Å²) in [6, 6.07) is 5.34. The van der Waals surface area contributed by atoms with Crippen molar-refractivity contribution in [2.75, 3.05) is 19.3 Å². The first kappa shape index (κ1) is 23.1. The van der Waals surface area contributed by atoms with Crippen LogP contribution in [-0.2, 0) is 0 Å². The van der Waals surface area contributed by atoms with Gasteiger partial charge in [-0.1, -0.05) is 0 Å². The number of nitriles is 1. The highest BCUT2D eigenvalue weighted by atomic mass is 79.9. The number of carbonyl (C=O) groups is 1. The van der Waals surface area contributed by atoms with Crippen molar-refractivity contribution in [2.45, 2.75) is 25.5 Å². The number of nitrogen functional groups attached to an aromatic ring is 1. The first-order valence-electron chi connectivity index (χ1n) is 9.64. The van der Waals surface area contributed by atoms with Crippen LogP contribution in [0.1, 0.15) is 35.4 Å². The van der Waals surface area contributed by atoms with Gasteiger partial charge >= 0.3 is 0 Å². The molecular formula is C21H21BrFN7O2. The summed E-state index contributed by atoms with van der Waals surface area (Å²) in [5, 5.41) is 8.94. The second kappa shape index (κ2) is 9.74. The number of aromatic nitrogens is 2. The number of amides is 1. The Kier molecular flexibility index (Phi) is 7.05. The van der Waals surface area contributed by atoms with Crippen molar-refractivity contribution < 1.29 is 13.9 Å². The Hall–Kier alpha value is -3.52. The van der Waals surface area contributed by atoms with Gasteiger partial charge in [0.15, 0.2) is 5.82 Å². The Morgan fingerprint density at radius 3 is 2.97 bits per heavy atom. The maximum atomic E-state index is 14.1. The van der Waals surface area contributed by atoms with Crippen molar-refractivity contribution in [1.29, 1.82) is 5.26 Å². The monoisotopic (exact) mass is 501 g/mol. The van der Waals surface area contributed by atoms with Crippen LogP contribution in [0.15, 0.2) is 45.8 Å². The average Bonchev–Trinajstić information content (AvgIpc) is 3.23. The predicted octanol–water partition coefficient (Wildman–Crippen LogP) is 2.75. The SMILES string of the molecule is CC(Oc1nc(Br)cnc1N)c1cc(F)ccc1C(=O)N(C)C1CCN=C1/C=C(\N)C#N. The number of aliphatic imine (C=N–C) groups is 1.